The van der Waals surface area contributed by atoms with Crippen molar-refractivity contribution in [3.63, 3.8) is 0 Å². The highest BCUT2D eigenvalue weighted by Gasteiger charge is 2.58. The molecule has 6 aliphatic rings. The first kappa shape index (κ1) is 35.7. The Balaban J connectivity index is 0.996. The second-order valence-electron chi connectivity index (χ2n) is 18.7. The van der Waals surface area contributed by atoms with Crippen molar-refractivity contribution < 1.29 is 9.53 Å². The van der Waals surface area contributed by atoms with Gasteiger partial charge in [0.15, 0.2) is 0 Å². The predicted octanol–water partition coefficient (Wildman–Crippen LogP) is 8.72. The quantitative estimate of drug-likeness (QED) is 0.108. The van der Waals surface area contributed by atoms with E-state index in [9.17, 15) is 4.79 Å². The van der Waals surface area contributed by atoms with Crippen LogP contribution in [0, 0.1) is 40.4 Å². The summed E-state index contributed by atoms with van der Waals surface area (Å²) in [5, 5.41) is 3.56. The van der Waals surface area contributed by atoms with Gasteiger partial charge in [0.25, 0.3) is 0 Å². The predicted molar refractivity (Wildman–Crippen MR) is 194 cm³/mol. The van der Waals surface area contributed by atoms with E-state index in [4.69, 9.17) is 16.2 Å². The van der Waals surface area contributed by atoms with Crippen molar-refractivity contribution in [1.29, 1.82) is 0 Å². The molecule has 0 aromatic heterocycles. The first-order valence-corrected chi connectivity index (χ1v) is 20.4. The minimum atomic E-state index is -0.109. The number of fused-ring (bicyclic) bond motifs is 5. The van der Waals surface area contributed by atoms with Gasteiger partial charge >= 0.3 is 6.09 Å². The lowest BCUT2D eigenvalue weighted by Gasteiger charge is -2.58. The van der Waals surface area contributed by atoms with Crippen LogP contribution in [0.2, 0.25) is 0 Å². The lowest BCUT2D eigenvalue weighted by Crippen LogP contribution is -2.50. The van der Waals surface area contributed by atoms with E-state index >= 15 is 0 Å². The maximum Gasteiger partial charge on any atom is 0.410 e. The molecular weight excluding hydrogens is 580 g/mol. The number of carbonyl (C=O) groups excluding carboxylic acids is 1. The highest BCUT2D eigenvalue weighted by molar-refractivity contribution is 5.68. The van der Waals surface area contributed by atoms with E-state index in [2.05, 4.69) is 39.1 Å². The Labute approximate surface area is 288 Å². The maximum atomic E-state index is 13.6. The zero-order valence-corrected chi connectivity index (χ0v) is 30.9. The van der Waals surface area contributed by atoms with Crippen LogP contribution in [0.3, 0.4) is 0 Å². The average molecular weight is 653 g/mol. The van der Waals surface area contributed by atoms with Gasteiger partial charge in [-0.2, -0.15) is 0 Å². The molecule has 7 unspecified atom stereocenters. The molecule has 0 bridgehead atoms. The third kappa shape index (κ3) is 8.44. The zero-order valence-electron chi connectivity index (χ0n) is 30.9. The van der Waals surface area contributed by atoms with Crippen molar-refractivity contribution in [1.82, 2.24) is 10.2 Å². The molecule has 6 aliphatic carbocycles. The van der Waals surface area contributed by atoms with Crippen molar-refractivity contribution in [2.75, 3.05) is 26.2 Å². The third-order valence-electron chi connectivity index (χ3n) is 14.9. The number of carbonyl (C=O) groups is 1. The van der Waals surface area contributed by atoms with Gasteiger partial charge in [-0.1, -0.05) is 58.6 Å². The van der Waals surface area contributed by atoms with Crippen LogP contribution >= 0.6 is 0 Å². The monoisotopic (exact) mass is 653 g/mol. The van der Waals surface area contributed by atoms with Gasteiger partial charge in [-0.25, -0.2) is 4.79 Å². The molecule has 47 heavy (non-hydrogen) atoms. The molecule has 5 fully saturated rings. The van der Waals surface area contributed by atoms with E-state index in [0.717, 1.165) is 101 Å². The van der Waals surface area contributed by atoms with E-state index < -0.39 is 0 Å². The SMILES string of the molecule is CC(C)CCCCC1CCC2C3CC=C4CC(OC(=O)N(CCCCNCCC5(N)CC5)CCC5(N)CC5)CCC4(C)C3CCC12C. The van der Waals surface area contributed by atoms with E-state index in [1.54, 1.807) is 5.57 Å². The molecule has 0 spiro atoms. The number of rotatable bonds is 17. The van der Waals surface area contributed by atoms with Crippen LogP contribution in [0.1, 0.15) is 156 Å². The number of hydrogen-bond acceptors (Lipinski definition) is 5. The van der Waals surface area contributed by atoms with Gasteiger partial charge < -0.3 is 26.4 Å². The molecule has 1 amide bonds. The minimum Gasteiger partial charge on any atom is -0.446 e. The largest absolute Gasteiger partial charge is 0.446 e. The van der Waals surface area contributed by atoms with Crippen LogP contribution in [0.4, 0.5) is 4.79 Å². The lowest BCUT2D eigenvalue weighted by atomic mass is 9.47. The summed E-state index contributed by atoms with van der Waals surface area (Å²) in [4.78, 5) is 15.6. The van der Waals surface area contributed by atoms with Crippen LogP contribution in [-0.2, 0) is 4.74 Å². The van der Waals surface area contributed by atoms with Gasteiger partial charge in [0, 0.05) is 30.6 Å². The molecular formula is C41H72N4O2. The molecule has 6 rings (SSSR count). The van der Waals surface area contributed by atoms with Crippen LogP contribution in [-0.4, -0.2) is 54.4 Å². The highest BCUT2D eigenvalue weighted by Crippen LogP contribution is 2.67. The lowest BCUT2D eigenvalue weighted by molar-refractivity contribution is -0.0534. The van der Waals surface area contributed by atoms with Gasteiger partial charge in [0.05, 0.1) is 0 Å². The Bertz CT molecular complexity index is 1100. The number of nitrogens with one attached hydrogen (secondary N) is 1. The molecule has 6 heteroatoms. The summed E-state index contributed by atoms with van der Waals surface area (Å²) in [7, 11) is 0. The van der Waals surface area contributed by atoms with Crippen LogP contribution in [0.25, 0.3) is 0 Å². The van der Waals surface area contributed by atoms with Crippen molar-refractivity contribution >= 4 is 6.09 Å². The molecule has 7 atom stereocenters. The van der Waals surface area contributed by atoms with Crippen molar-refractivity contribution in [3.8, 4) is 0 Å². The number of ether oxygens (including phenoxy) is 1. The van der Waals surface area contributed by atoms with Gasteiger partial charge in [-0.15, -0.1) is 0 Å². The van der Waals surface area contributed by atoms with Crippen molar-refractivity contribution in [2.24, 2.45) is 51.9 Å². The van der Waals surface area contributed by atoms with Crippen LogP contribution in [0.5, 0.6) is 0 Å². The number of hydrogen-bond donors (Lipinski definition) is 3. The summed E-state index contributed by atoms with van der Waals surface area (Å²) >= 11 is 0. The smallest absolute Gasteiger partial charge is 0.410 e. The fraction of sp³-hybridized carbons (Fsp3) is 0.927. The number of allylic oxidation sites excluding steroid dienone is 1. The Hall–Kier alpha value is -1.11. The molecule has 0 radical (unpaired) electrons. The highest BCUT2D eigenvalue weighted by atomic mass is 16.6. The molecule has 0 aromatic carbocycles. The summed E-state index contributed by atoms with van der Waals surface area (Å²) in [6.45, 7) is 13.5. The molecule has 5 saturated carbocycles. The maximum absolute atomic E-state index is 13.6. The Kier molecular flexibility index (Phi) is 11.1. The molecule has 6 nitrogen and oxygen atoms in total. The van der Waals surface area contributed by atoms with E-state index in [0.29, 0.717) is 12.0 Å². The summed E-state index contributed by atoms with van der Waals surface area (Å²) in [6, 6.07) is 0. The minimum absolute atomic E-state index is 0.0110. The fourth-order valence-corrected chi connectivity index (χ4v) is 11.0. The number of nitrogens with two attached hydrogens (primary N) is 2. The summed E-state index contributed by atoms with van der Waals surface area (Å²) in [5.41, 5.74) is 15.2. The average Bonchev–Trinajstić information content (AvgIpc) is 3.93. The van der Waals surface area contributed by atoms with E-state index in [1.807, 2.05) is 4.90 Å². The van der Waals surface area contributed by atoms with Gasteiger partial charge in [0.1, 0.15) is 6.10 Å². The standard InChI is InChI=1S/C41H72N4O2/c1-30(2)9-5-6-10-31-12-14-35-34-13-11-32-29-33(15-17-39(32,4)36(34)16-18-38(31,35)3)47-37(46)45(28-24-41(43)21-22-41)27-8-7-25-44-26-23-40(42)19-20-40/h11,30-31,33-36,44H,5-10,12-29,42-43H2,1-4H3. The molecule has 0 heterocycles. The first-order chi connectivity index (χ1) is 22.4. The second-order valence-corrected chi connectivity index (χ2v) is 18.7. The van der Waals surface area contributed by atoms with Crippen molar-refractivity contribution in [2.45, 2.75) is 173 Å². The van der Waals surface area contributed by atoms with Crippen LogP contribution in [0.15, 0.2) is 11.6 Å². The molecule has 0 saturated heterocycles. The molecule has 5 N–H and O–H groups in total. The van der Waals surface area contributed by atoms with Crippen LogP contribution < -0.4 is 16.8 Å². The van der Waals surface area contributed by atoms with Crippen molar-refractivity contribution in [3.05, 3.63) is 11.6 Å². The number of amides is 1. The van der Waals surface area contributed by atoms with E-state index in [1.165, 1.54) is 77.0 Å². The van der Waals surface area contributed by atoms with Gasteiger partial charge in [0.2, 0.25) is 0 Å². The van der Waals surface area contributed by atoms with Gasteiger partial charge in [-0.05, 0) is 156 Å². The van der Waals surface area contributed by atoms with E-state index in [-0.39, 0.29) is 28.7 Å². The Morgan fingerprint density at radius 3 is 2.40 bits per heavy atom. The normalized spacial score (nSPS) is 36.2. The Morgan fingerprint density at radius 1 is 0.894 bits per heavy atom. The summed E-state index contributed by atoms with van der Waals surface area (Å²) in [5.74, 6) is 4.33. The topological polar surface area (TPSA) is 93.6 Å². The second kappa shape index (κ2) is 14.6. The molecule has 0 aromatic rings. The number of unbranched alkanes of at least 4 members (excludes halogenated alkanes) is 2. The summed E-state index contributed by atoms with van der Waals surface area (Å²) in [6.07, 6.45) is 26.8. The third-order valence-corrected chi connectivity index (χ3v) is 14.9. The molecule has 268 valence electrons. The van der Waals surface area contributed by atoms with Gasteiger partial charge in [-0.3, -0.25) is 0 Å². The fourth-order valence-electron chi connectivity index (χ4n) is 11.0. The zero-order chi connectivity index (χ0) is 33.3. The summed E-state index contributed by atoms with van der Waals surface area (Å²) < 4.78 is 6.35. The molecule has 0 aliphatic heterocycles. The Morgan fingerprint density at radius 2 is 1.66 bits per heavy atom. The first-order valence-electron chi connectivity index (χ1n) is 20.4. The number of nitrogens with zero attached hydrogens (tertiary/aromatic N) is 1.